The quantitative estimate of drug-likeness (QED) is 0.175. The first-order chi connectivity index (χ1) is 31.9. The molecule has 332 valence electrons. The number of hydrogen-bond acceptors (Lipinski definition) is 3. The molecule has 1 N–H and O–H groups in total. The largest absolute Gasteiger partial charge is 0.455 e. The normalized spacial score (nSPS) is 14.1. The van der Waals surface area contributed by atoms with Gasteiger partial charge in [0.15, 0.2) is 7.28 Å². The van der Waals surface area contributed by atoms with Crippen molar-refractivity contribution in [2.45, 2.75) is 97.8 Å². The highest BCUT2D eigenvalue weighted by atomic mass is 16.3. The first kappa shape index (κ1) is 42.8. The van der Waals surface area contributed by atoms with Gasteiger partial charge in [-0.25, -0.2) is 0 Å². The molecule has 1 aliphatic heterocycles. The number of hydrogen-bond donors (Lipinski definition) is 1. The maximum absolute atomic E-state index is 7.20. The number of nitrogens with one attached hydrogen (secondary N) is 1. The molecule has 11 rings (SSSR count). The molecule has 0 spiro atoms. The van der Waals surface area contributed by atoms with Crippen molar-refractivity contribution in [3.05, 3.63) is 186 Å². The maximum Gasteiger partial charge on any atom is 0.198 e. The summed E-state index contributed by atoms with van der Waals surface area (Å²) in [6.45, 7) is 25.5. The van der Waals surface area contributed by atoms with E-state index in [0.717, 1.165) is 57.4 Å². The summed E-state index contributed by atoms with van der Waals surface area (Å²) >= 11 is 0. The lowest BCUT2D eigenvalue weighted by Crippen LogP contribution is -2.41. The topological polar surface area (TPSA) is 28.4 Å². The lowest BCUT2D eigenvalue weighted by molar-refractivity contribution is 0.590. The molecule has 0 amide bonds. The molecule has 2 heterocycles. The molecule has 0 saturated carbocycles. The van der Waals surface area contributed by atoms with Gasteiger partial charge < -0.3 is 14.6 Å². The Balaban J connectivity index is 1.26. The van der Waals surface area contributed by atoms with Crippen LogP contribution in [0.2, 0.25) is 0 Å². The van der Waals surface area contributed by atoms with E-state index >= 15 is 0 Å². The minimum Gasteiger partial charge on any atom is -0.455 e. The Morgan fingerprint density at radius 2 is 1.12 bits per heavy atom. The van der Waals surface area contributed by atoms with E-state index in [1.165, 1.54) is 72.4 Å². The van der Waals surface area contributed by atoms with Gasteiger partial charge in [-0.05, 0) is 121 Å². The van der Waals surface area contributed by atoms with E-state index in [1.807, 2.05) is 0 Å². The molecule has 4 heteroatoms. The molecule has 0 fully saturated rings. The van der Waals surface area contributed by atoms with Crippen LogP contribution in [0.3, 0.4) is 0 Å². The molecule has 67 heavy (non-hydrogen) atoms. The summed E-state index contributed by atoms with van der Waals surface area (Å²) in [6, 6.07) is 59.3. The number of anilines is 5. The van der Waals surface area contributed by atoms with Crippen LogP contribution in [0.5, 0.6) is 0 Å². The molecule has 8 aromatic carbocycles. The smallest absolute Gasteiger partial charge is 0.198 e. The van der Waals surface area contributed by atoms with E-state index < -0.39 is 0 Å². The van der Waals surface area contributed by atoms with Gasteiger partial charge in [-0.1, -0.05) is 185 Å². The van der Waals surface area contributed by atoms with Crippen LogP contribution in [0.1, 0.15) is 104 Å². The number of fused-ring (bicyclic) bond motifs is 8. The Hall–Kier alpha value is -6.78. The molecule has 9 aromatic rings. The van der Waals surface area contributed by atoms with Crippen molar-refractivity contribution in [2.24, 2.45) is 0 Å². The van der Waals surface area contributed by atoms with Gasteiger partial charge >= 0.3 is 0 Å². The first-order valence-corrected chi connectivity index (χ1v) is 24.1. The van der Waals surface area contributed by atoms with Gasteiger partial charge in [0.2, 0.25) is 0 Å². The first-order valence-electron chi connectivity index (χ1n) is 24.1. The second-order valence-electron chi connectivity index (χ2n) is 22.7. The van der Waals surface area contributed by atoms with E-state index in [9.17, 15) is 0 Å². The van der Waals surface area contributed by atoms with Crippen LogP contribution in [-0.4, -0.2) is 7.28 Å². The highest BCUT2D eigenvalue weighted by Crippen LogP contribution is 2.54. The van der Waals surface area contributed by atoms with Crippen molar-refractivity contribution >= 4 is 68.6 Å². The van der Waals surface area contributed by atoms with Gasteiger partial charge in [-0.3, -0.25) is 0 Å². The van der Waals surface area contributed by atoms with Gasteiger partial charge in [-0.15, -0.1) is 0 Å². The lowest BCUT2D eigenvalue weighted by atomic mass is 9.57. The minimum atomic E-state index is -0.187. The number of benzene rings is 8. The summed E-state index contributed by atoms with van der Waals surface area (Å²) in [5.74, 6) is 0. The van der Waals surface area contributed by atoms with Crippen molar-refractivity contribution in [2.75, 3.05) is 10.2 Å². The summed E-state index contributed by atoms with van der Waals surface area (Å²) in [4.78, 5) is 2.57. The Labute approximate surface area is 398 Å². The van der Waals surface area contributed by atoms with Crippen molar-refractivity contribution in [1.29, 1.82) is 0 Å². The van der Waals surface area contributed by atoms with E-state index in [-0.39, 0.29) is 21.7 Å². The van der Waals surface area contributed by atoms with Crippen molar-refractivity contribution in [3.8, 4) is 33.4 Å². The molecule has 0 bridgehead atoms. The Morgan fingerprint density at radius 1 is 0.493 bits per heavy atom. The van der Waals surface area contributed by atoms with E-state index in [1.54, 1.807) is 0 Å². The summed E-state index contributed by atoms with van der Waals surface area (Å²) < 4.78 is 7.20. The molecule has 3 nitrogen and oxygen atoms in total. The molecule has 0 atom stereocenters. The van der Waals surface area contributed by atoms with Gasteiger partial charge in [0.25, 0.3) is 0 Å². The minimum absolute atomic E-state index is 0.0327. The molecule has 1 aliphatic carbocycles. The zero-order valence-electron chi connectivity index (χ0n) is 41.1. The third-order valence-electron chi connectivity index (χ3n) is 14.8. The van der Waals surface area contributed by atoms with E-state index in [0.29, 0.717) is 0 Å². The maximum atomic E-state index is 7.20. The Bertz CT molecular complexity index is 3430. The van der Waals surface area contributed by atoms with Crippen LogP contribution in [0, 0.1) is 0 Å². The zero-order valence-corrected chi connectivity index (χ0v) is 41.1. The van der Waals surface area contributed by atoms with Crippen LogP contribution < -0.4 is 21.1 Å². The molecule has 0 unspecified atom stereocenters. The highest BCUT2D eigenvalue weighted by Gasteiger charge is 2.38. The molecule has 2 aliphatic rings. The monoisotopic (exact) mass is 872 g/mol. The van der Waals surface area contributed by atoms with E-state index in [4.69, 9.17) is 4.42 Å². The van der Waals surface area contributed by atoms with Gasteiger partial charge in [0.05, 0.1) is 5.69 Å². The van der Waals surface area contributed by atoms with Crippen LogP contribution >= 0.6 is 0 Å². The van der Waals surface area contributed by atoms with Crippen molar-refractivity contribution in [1.82, 2.24) is 0 Å². The van der Waals surface area contributed by atoms with Crippen LogP contribution in [0.15, 0.2) is 162 Å². The zero-order chi connectivity index (χ0) is 46.8. The third kappa shape index (κ3) is 7.10. The third-order valence-corrected chi connectivity index (χ3v) is 14.8. The number of rotatable bonds is 5. The number of furan rings is 1. The fourth-order valence-corrected chi connectivity index (χ4v) is 10.9. The lowest BCUT2D eigenvalue weighted by Gasteiger charge is -2.37. The summed E-state index contributed by atoms with van der Waals surface area (Å²) in [5, 5.41) is 6.26. The van der Waals surface area contributed by atoms with Crippen molar-refractivity contribution < 1.29 is 4.42 Å². The Kier molecular flexibility index (Phi) is 9.67. The van der Waals surface area contributed by atoms with Gasteiger partial charge in [-0.2, -0.15) is 0 Å². The molecular formula is C63H61BN2O. The molecular weight excluding hydrogens is 812 g/mol. The predicted molar refractivity (Wildman–Crippen MR) is 289 cm³/mol. The van der Waals surface area contributed by atoms with Crippen molar-refractivity contribution in [3.63, 3.8) is 0 Å². The van der Waals surface area contributed by atoms with Crippen LogP contribution in [-0.2, 0) is 21.7 Å². The summed E-state index contributed by atoms with van der Waals surface area (Å²) in [5.41, 5.74) is 23.7. The predicted octanol–water partition coefficient (Wildman–Crippen LogP) is 16.0. The fraction of sp³-hybridized carbons (Fsp3) is 0.238. The van der Waals surface area contributed by atoms with E-state index in [2.05, 4.69) is 244 Å². The van der Waals surface area contributed by atoms with Gasteiger partial charge in [0.1, 0.15) is 11.2 Å². The second kappa shape index (κ2) is 15.1. The SMILES string of the molecule is CC(C)(C)c1ccc(Nc2cc3c(cc2-c2c4c(cc5c2oc2ccccc25)N(c2ccc(C(C)(C)C)cc2-c2ccccc2)c2ccc(C(C)(C)C)cc2B4)-c2ccccc2C3(C)C)cc1. The van der Waals surface area contributed by atoms with Gasteiger partial charge in [0, 0.05) is 55.6 Å². The number of para-hydroxylation sites is 1. The van der Waals surface area contributed by atoms with Crippen LogP contribution in [0.4, 0.5) is 28.4 Å². The highest BCUT2D eigenvalue weighted by molar-refractivity contribution is 6.74. The number of nitrogens with zero attached hydrogens (tertiary/aromatic N) is 1. The van der Waals surface area contributed by atoms with Crippen LogP contribution in [0.25, 0.3) is 55.3 Å². The average molecular weight is 873 g/mol. The average Bonchev–Trinajstić information content (AvgIpc) is 3.77. The molecule has 0 radical (unpaired) electrons. The Morgan fingerprint density at radius 3 is 1.84 bits per heavy atom. The summed E-state index contributed by atoms with van der Waals surface area (Å²) in [7, 11) is 0.743. The fourth-order valence-electron chi connectivity index (χ4n) is 10.9. The molecule has 1 aromatic heterocycles. The standard InChI is InChI=1S/C63H61BN2O/c1-60(2,3)39-25-29-42(30-26-39)65-52-37-50-46(43-21-15-17-23-49(43)63(50,10)11)35-48(52)57-58-55(36-47-44-22-16-18-24-56(44)67-59(47)57)66(54-32-28-41(62(7,8)9)34-51(54)64-58)53-31-27-40(61(4,5)6)33-45(53)38-19-13-12-14-20-38/h12-37,64-65H,1-11H3. The summed E-state index contributed by atoms with van der Waals surface area (Å²) in [6.07, 6.45) is 0. The second-order valence-corrected chi connectivity index (χ2v) is 22.7. The molecule has 0 saturated heterocycles.